The molecule has 2 aromatic rings. The molecule has 6 nitrogen and oxygen atoms in total. The highest BCUT2D eigenvalue weighted by molar-refractivity contribution is 6.15. The second-order valence-corrected chi connectivity index (χ2v) is 8.32. The van der Waals surface area contributed by atoms with E-state index in [4.69, 9.17) is 9.47 Å². The van der Waals surface area contributed by atoms with Crippen LogP contribution >= 0.6 is 0 Å². The van der Waals surface area contributed by atoms with Crippen molar-refractivity contribution in [2.75, 3.05) is 32.8 Å². The van der Waals surface area contributed by atoms with Crippen LogP contribution in [0, 0.1) is 5.92 Å². The molecule has 0 spiro atoms. The molecule has 1 atom stereocenters. The van der Waals surface area contributed by atoms with Gasteiger partial charge in [0.1, 0.15) is 13.2 Å². The van der Waals surface area contributed by atoms with Gasteiger partial charge in [-0.2, -0.15) is 0 Å². The molecule has 0 bridgehead atoms. The summed E-state index contributed by atoms with van der Waals surface area (Å²) in [6.45, 7) is 3.80. The van der Waals surface area contributed by atoms with Gasteiger partial charge in [-0.1, -0.05) is 18.2 Å². The van der Waals surface area contributed by atoms with Gasteiger partial charge in [0.15, 0.2) is 17.3 Å². The Morgan fingerprint density at radius 1 is 0.967 bits per heavy atom. The second-order valence-electron chi connectivity index (χ2n) is 8.32. The Morgan fingerprint density at radius 2 is 1.73 bits per heavy atom. The number of carbonyl (C=O) groups excluding carboxylic acids is 2. The van der Waals surface area contributed by atoms with Crippen LogP contribution in [0.15, 0.2) is 42.5 Å². The minimum absolute atomic E-state index is 0.193. The van der Waals surface area contributed by atoms with Crippen LogP contribution in [0.2, 0.25) is 0 Å². The predicted molar refractivity (Wildman–Crippen MR) is 112 cm³/mol. The molecule has 6 heteroatoms. The van der Waals surface area contributed by atoms with Crippen LogP contribution in [0.3, 0.4) is 0 Å². The van der Waals surface area contributed by atoms with Crippen molar-refractivity contribution in [1.29, 1.82) is 0 Å². The summed E-state index contributed by atoms with van der Waals surface area (Å²) in [6.07, 6.45) is 3.75. The van der Waals surface area contributed by atoms with Crippen LogP contribution in [0.5, 0.6) is 11.5 Å². The van der Waals surface area contributed by atoms with Crippen molar-refractivity contribution in [2.45, 2.75) is 25.3 Å². The number of nitrogens with one attached hydrogen (secondary N) is 1. The van der Waals surface area contributed by atoms with Gasteiger partial charge in [-0.05, 0) is 56.0 Å². The van der Waals surface area contributed by atoms with E-state index >= 15 is 0 Å². The number of hydrogen-bond donors (Lipinski definition) is 1. The van der Waals surface area contributed by atoms with Crippen LogP contribution in [-0.2, 0) is 0 Å². The summed E-state index contributed by atoms with van der Waals surface area (Å²) >= 11 is 0. The van der Waals surface area contributed by atoms with Crippen LogP contribution in [0.4, 0.5) is 0 Å². The maximum absolute atomic E-state index is 13.2. The number of ketones is 1. The molecular weight excluding hydrogens is 380 g/mol. The third-order valence-corrected chi connectivity index (χ3v) is 6.15. The molecule has 3 aliphatic rings. The fourth-order valence-electron chi connectivity index (χ4n) is 4.35. The summed E-state index contributed by atoms with van der Waals surface area (Å²) < 4.78 is 11.1. The van der Waals surface area contributed by atoms with Gasteiger partial charge in [-0.25, -0.2) is 0 Å². The first kappa shape index (κ1) is 19.1. The minimum Gasteiger partial charge on any atom is -0.486 e. The number of fused-ring (bicyclic) bond motifs is 1. The standard InChI is InChI=1S/C24H26N2O4/c27-23(17-5-8-21-22(13-17)30-12-11-29-21)19-3-1-2-4-20(19)24(28)25-14-16-9-10-26(15-16)18-6-7-18/h1-5,8,13,16,18H,6-7,9-12,14-15H2,(H,25,28)/t16-/m0/s1. The molecule has 1 aliphatic carbocycles. The number of amides is 1. The van der Waals surface area contributed by atoms with Crippen molar-refractivity contribution in [3.63, 3.8) is 0 Å². The van der Waals surface area contributed by atoms with E-state index in [9.17, 15) is 9.59 Å². The van der Waals surface area contributed by atoms with E-state index in [1.54, 1.807) is 42.5 Å². The lowest BCUT2D eigenvalue weighted by Gasteiger charge is -2.19. The lowest BCUT2D eigenvalue weighted by Crippen LogP contribution is -2.32. The molecule has 1 saturated heterocycles. The monoisotopic (exact) mass is 406 g/mol. The van der Waals surface area contributed by atoms with Crippen molar-refractivity contribution < 1.29 is 19.1 Å². The van der Waals surface area contributed by atoms with Crippen LogP contribution in [0.25, 0.3) is 0 Å². The van der Waals surface area contributed by atoms with E-state index in [0.717, 1.165) is 25.6 Å². The smallest absolute Gasteiger partial charge is 0.252 e. The molecule has 0 radical (unpaired) electrons. The Hall–Kier alpha value is -2.86. The summed E-state index contributed by atoms with van der Waals surface area (Å²) in [5, 5.41) is 3.05. The maximum atomic E-state index is 13.2. The van der Waals surface area contributed by atoms with Gasteiger partial charge >= 0.3 is 0 Å². The summed E-state index contributed by atoms with van der Waals surface area (Å²) in [5.74, 6) is 1.30. The van der Waals surface area contributed by atoms with E-state index in [0.29, 0.717) is 53.9 Å². The van der Waals surface area contributed by atoms with Gasteiger partial charge in [0.2, 0.25) is 0 Å². The van der Waals surface area contributed by atoms with Crippen molar-refractivity contribution in [3.8, 4) is 11.5 Å². The molecule has 2 aliphatic heterocycles. The minimum atomic E-state index is -0.196. The number of ether oxygens (including phenoxy) is 2. The molecular formula is C24H26N2O4. The molecule has 0 unspecified atom stereocenters. The Balaban J connectivity index is 1.28. The zero-order valence-electron chi connectivity index (χ0n) is 16.9. The average molecular weight is 406 g/mol. The van der Waals surface area contributed by atoms with Crippen LogP contribution < -0.4 is 14.8 Å². The summed E-state index contributed by atoms with van der Waals surface area (Å²) in [7, 11) is 0. The lowest BCUT2D eigenvalue weighted by atomic mass is 9.97. The molecule has 1 saturated carbocycles. The number of benzene rings is 2. The van der Waals surface area contributed by atoms with E-state index in [-0.39, 0.29) is 11.7 Å². The number of carbonyl (C=O) groups is 2. The van der Waals surface area contributed by atoms with Gasteiger partial charge in [0, 0.05) is 30.3 Å². The molecule has 156 valence electrons. The highest BCUT2D eigenvalue weighted by Gasteiger charge is 2.34. The molecule has 2 aromatic carbocycles. The Labute approximate surface area is 176 Å². The predicted octanol–water partition coefficient (Wildman–Crippen LogP) is 2.90. The van der Waals surface area contributed by atoms with E-state index in [1.165, 1.54) is 12.8 Å². The third kappa shape index (κ3) is 3.92. The van der Waals surface area contributed by atoms with Gasteiger partial charge in [0.05, 0.1) is 5.56 Å². The van der Waals surface area contributed by atoms with Gasteiger partial charge in [0.25, 0.3) is 5.91 Å². The Kier molecular flexibility index (Phi) is 5.17. The molecule has 1 N–H and O–H groups in total. The van der Waals surface area contributed by atoms with Gasteiger partial charge < -0.3 is 19.7 Å². The first-order valence-corrected chi connectivity index (χ1v) is 10.7. The quantitative estimate of drug-likeness (QED) is 0.747. The van der Waals surface area contributed by atoms with Crippen molar-refractivity contribution in [3.05, 3.63) is 59.2 Å². The number of rotatable bonds is 6. The second kappa shape index (κ2) is 8.11. The molecule has 5 rings (SSSR count). The fraction of sp³-hybridized carbons (Fsp3) is 0.417. The van der Waals surface area contributed by atoms with Crippen LogP contribution in [0.1, 0.15) is 45.5 Å². The largest absolute Gasteiger partial charge is 0.486 e. The SMILES string of the molecule is O=C(NC[C@@H]1CCN(C2CC2)C1)c1ccccc1C(=O)c1ccc2c(c1)OCCO2. The number of nitrogens with zero attached hydrogens (tertiary/aromatic N) is 1. The maximum Gasteiger partial charge on any atom is 0.252 e. The van der Waals surface area contributed by atoms with Gasteiger partial charge in [-0.15, -0.1) is 0 Å². The fourth-order valence-corrected chi connectivity index (χ4v) is 4.35. The normalized spacial score (nSPS) is 20.7. The topological polar surface area (TPSA) is 67.9 Å². The summed E-state index contributed by atoms with van der Waals surface area (Å²) in [5.41, 5.74) is 1.29. The molecule has 2 heterocycles. The Morgan fingerprint density at radius 3 is 2.53 bits per heavy atom. The van der Waals surface area contributed by atoms with E-state index < -0.39 is 0 Å². The highest BCUT2D eigenvalue weighted by Crippen LogP contribution is 2.32. The molecule has 2 fully saturated rings. The van der Waals surface area contributed by atoms with Crippen molar-refractivity contribution in [1.82, 2.24) is 10.2 Å². The molecule has 30 heavy (non-hydrogen) atoms. The van der Waals surface area contributed by atoms with Gasteiger partial charge in [-0.3, -0.25) is 9.59 Å². The molecule has 1 amide bonds. The number of hydrogen-bond acceptors (Lipinski definition) is 5. The molecule has 0 aromatic heterocycles. The first-order valence-electron chi connectivity index (χ1n) is 10.7. The zero-order chi connectivity index (χ0) is 20.5. The van der Waals surface area contributed by atoms with Crippen molar-refractivity contribution >= 4 is 11.7 Å². The lowest BCUT2D eigenvalue weighted by molar-refractivity contribution is 0.0936. The highest BCUT2D eigenvalue weighted by atomic mass is 16.6. The van der Waals surface area contributed by atoms with Crippen molar-refractivity contribution in [2.24, 2.45) is 5.92 Å². The Bertz CT molecular complexity index is 969. The van der Waals surface area contributed by atoms with E-state index in [1.807, 2.05) is 0 Å². The zero-order valence-corrected chi connectivity index (χ0v) is 16.9. The van der Waals surface area contributed by atoms with E-state index in [2.05, 4.69) is 10.2 Å². The first-order chi connectivity index (χ1) is 14.7. The third-order valence-electron chi connectivity index (χ3n) is 6.15. The number of likely N-dealkylation sites (tertiary alicyclic amines) is 1. The summed E-state index contributed by atoms with van der Waals surface area (Å²) in [6, 6.07) is 12.9. The summed E-state index contributed by atoms with van der Waals surface area (Å²) in [4.78, 5) is 28.6. The van der Waals surface area contributed by atoms with Crippen LogP contribution in [-0.4, -0.2) is 55.5 Å². The average Bonchev–Trinajstić information content (AvgIpc) is 3.54.